The molecule has 1 aliphatic carbocycles. The maximum absolute atomic E-state index is 10.6. The summed E-state index contributed by atoms with van der Waals surface area (Å²) < 4.78 is 40.1. The van der Waals surface area contributed by atoms with Crippen molar-refractivity contribution in [1.29, 1.82) is 0 Å². The molecule has 172 valence electrons. The molecule has 31 heavy (non-hydrogen) atoms. The van der Waals surface area contributed by atoms with Crippen LogP contribution in [0, 0.1) is 5.92 Å². The number of carboxylic acid groups (broad SMARTS) is 1. The first-order chi connectivity index (χ1) is 14.8. The van der Waals surface area contributed by atoms with E-state index in [0.29, 0.717) is 12.6 Å². The second-order valence-corrected chi connectivity index (χ2v) is 8.78. The number of rotatable bonds is 6. The van der Waals surface area contributed by atoms with Gasteiger partial charge >= 0.3 is 12.1 Å². The van der Waals surface area contributed by atoms with E-state index in [0.717, 1.165) is 38.0 Å². The smallest absolute Gasteiger partial charge is 0.475 e. The van der Waals surface area contributed by atoms with Gasteiger partial charge in [0.2, 0.25) is 0 Å². The van der Waals surface area contributed by atoms with Crippen molar-refractivity contribution in [1.82, 2.24) is 19.4 Å². The lowest BCUT2D eigenvalue weighted by molar-refractivity contribution is -0.192. The van der Waals surface area contributed by atoms with Gasteiger partial charge in [-0.2, -0.15) is 13.2 Å². The van der Waals surface area contributed by atoms with Gasteiger partial charge in [0, 0.05) is 31.3 Å². The second-order valence-electron chi connectivity index (χ2n) is 7.80. The summed E-state index contributed by atoms with van der Waals surface area (Å²) in [5.74, 6) is -0.814. The molecule has 2 aromatic rings. The Morgan fingerprint density at radius 2 is 2.00 bits per heavy atom. The summed E-state index contributed by atoms with van der Waals surface area (Å²) in [5.41, 5.74) is 1.23. The van der Waals surface area contributed by atoms with Crippen molar-refractivity contribution in [3.05, 3.63) is 34.3 Å². The Hall–Kier alpha value is -1.98. The van der Waals surface area contributed by atoms with Gasteiger partial charge in [0.1, 0.15) is 10.8 Å². The minimum Gasteiger partial charge on any atom is -0.475 e. The second kappa shape index (κ2) is 10.6. The lowest BCUT2D eigenvalue weighted by Gasteiger charge is -2.33. The third-order valence-corrected chi connectivity index (χ3v) is 6.41. The Bertz CT molecular complexity index is 835. The third-order valence-electron chi connectivity index (χ3n) is 5.64. The van der Waals surface area contributed by atoms with Gasteiger partial charge in [0.25, 0.3) is 0 Å². The van der Waals surface area contributed by atoms with Gasteiger partial charge in [-0.1, -0.05) is 12.8 Å². The Morgan fingerprint density at radius 1 is 1.29 bits per heavy atom. The van der Waals surface area contributed by atoms with Crippen LogP contribution >= 0.6 is 11.3 Å². The monoisotopic (exact) mass is 460 g/mol. The predicted molar refractivity (Wildman–Crippen MR) is 108 cm³/mol. The first-order valence-electron chi connectivity index (χ1n) is 10.3. The molecule has 1 unspecified atom stereocenters. The van der Waals surface area contributed by atoms with Crippen LogP contribution in [0.3, 0.4) is 0 Å². The summed E-state index contributed by atoms with van der Waals surface area (Å²) in [6, 6.07) is 0.325. The largest absolute Gasteiger partial charge is 0.490 e. The van der Waals surface area contributed by atoms with Gasteiger partial charge in [0.05, 0.1) is 31.1 Å². The molecular formula is C20H27F3N4O3S. The fourth-order valence-corrected chi connectivity index (χ4v) is 4.59. The number of aromatic nitrogens is 3. The number of thiazole rings is 1. The van der Waals surface area contributed by atoms with Crippen LogP contribution in [0.2, 0.25) is 0 Å². The zero-order valence-electron chi connectivity index (χ0n) is 17.3. The van der Waals surface area contributed by atoms with Gasteiger partial charge in [-0.15, -0.1) is 11.3 Å². The molecule has 0 bridgehead atoms. The number of imidazole rings is 1. The Balaban J connectivity index is 0.000000339. The van der Waals surface area contributed by atoms with E-state index in [1.807, 2.05) is 17.8 Å². The quantitative estimate of drug-likeness (QED) is 0.694. The third kappa shape index (κ3) is 6.50. The van der Waals surface area contributed by atoms with Crippen LogP contribution in [0.25, 0.3) is 0 Å². The molecule has 2 aliphatic rings. The van der Waals surface area contributed by atoms with Crippen LogP contribution in [0.15, 0.2) is 17.8 Å². The predicted octanol–water partition coefficient (Wildman–Crippen LogP) is 4.26. The zero-order chi connectivity index (χ0) is 22.4. The summed E-state index contributed by atoms with van der Waals surface area (Å²) in [4.78, 5) is 20.5. The van der Waals surface area contributed by atoms with E-state index in [2.05, 4.69) is 21.4 Å². The van der Waals surface area contributed by atoms with E-state index < -0.39 is 12.1 Å². The van der Waals surface area contributed by atoms with E-state index in [1.165, 1.54) is 36.4 Å². The Morgan fingerprint density at radius 3 is 2.61 bits per heavy atom. The summed E-state index contributed by atoms with van der Waals surface area (Å²) in [6.45, 7) is 6.80. The molecule has 0 radical (unpaired) electrons. The SMILES string of the molecule is CC1c2ncc(COCC3CCCC3)n2CCN1Cc1nccs1.O=C(O)C(F)(F)F. The number of carbonyl (C=O) groups is 1. The number of ether oxygens (including phenoxy) is 1. The van der Waals surface area contributed by atoms with E-state index in [-0.39, 0.29) is 0 Å². The highest BCUT2D eigenvalue weighted by Crippen LogP contribution is 2.28. The highest BCUT2D eigenvalue weighted by molar-refractivity contribution is 7.09. The van der Waals surface area contributed by atoms with E-state index in [9.17, 15) is 13.2 Å². The summed E-state index contributed by atoms with van der Waals surface area (Å²) in [5, 5.41) is 10.4. The summed E-state index contributed by atoms with van der Waals surface area (Å²) >= 11 is 1.73. The average molecular weight is 461 g/mol. The first-order valence-corrected chi connectivity index (χ1v) is 11.2. The molecule has 0 amide bonds. The summed E-state index contributed by atoms with van der Waals surface area (Å²) in [7, 11) is 0. The van der Waals surface area contributed by atoms with Crippen LogP contribution in [-0.2, 0) is 29.2 Å². The maximum Gasteiger partial charge on any atom is 0.490 e. The van der Waals surface area contributed by atoms with Crippen LogP contribution in [0.1, 0.15) is 55.2 Å². The molecule has 2 aromatic heterocycles. The molecule has 1 fully saturated rings. The number of carboxylic acids is 1. The summed E-state index contributed by atoms with van der Waals surface area (Å²) in [6.07, 6.45) is 4.24. The van der Waals surface area contributed by atoms with Gasteiger partial charge in [-0.05, 0) is 25.7 Å². The molecule has 0 aromatic carbocycles. The minimum atomic E-state index is -5.08. The van der Waals surface area contributed by atoms with Gasteiger partial charge in [-0.25, -0.2) is 14.8 Å². The molecule has 7 nitrogen and oxygen atoms in total. The molecule has 11 heteroatoms. The van der Waals surface area contributed by atoms with Crippen molar-refractivity contribution >= 4 is 17.3 Å². The molecule has 0 spiro atoms. The normalized spacial score (nSPS) is 19.7. The number of fused-ring (bicyclic) bond motifs is 1. The molecule has 1 saturated carbocycles. The van der Waals surface area contributed by atoms with Crippen LogP contribution < -0.4 is 0 Å². The van der Waals surface area contributed by atoms with Crippen molar-refractivity contribution in [3.63, 3.8) is 0 Å². The molecule has 0 saturated heterocycles. The zero-order valence-corrected chi connectivity index (χ0v) is 18.2. The fourth-order valence-electron chi connectivity index (χ4n) is 3.95. The van der Waals surface area contributed by atoms with Gasteiger partial charge < -0.3 is 14.4 Å². The van der Waals surface area contributed by atoms with Gasteiger partial charge in [-0.3, -0.25) is 4.90 Å². The Kier molecular flexibility index (Phi) is 8.06. The van der Waals surface area contributed by atoms with E-state index in [4.69, 9.17) is 19.6 Å². The number of nitrogens with zero attached hydrogens (tertiary/aromatic N) is 4. The molecule has 4 rings (SSSR count). The molecule has 1 N–H and O–H groups in total. The van der Waals surface area contributed by atoms with Crippen molar-refractivity contribution in [2.45, 2.75) is 64.5 Å². The Labute approximate surface area is 182 Å². The number of aliphatic carboxylic acids is 1. The first kappa shape index (κ1) is 23.7. The maximum atomic E-state index is 10.6. The van der Waals surface area contributed by atoms with E-state index in [1.54, 1.807) is 11.3 Å². The van der Waals surface area contributed by atoms with Gasteiger partial charge in [0.15, 0.2) is 0 Å². The fraction of sp³-hybridized carbons (Fsp3) is 0.650. The number of alkyl halides is 3. The topological polar surface area (TPSA) is 80.5 Å². The van der Waals surface area contributed by atoms with E-state index >= 15 is 0 Å². The number of hydrogen-bond acceptors (Lipinski definition) is 6. The van der Waals surface area contributed by atoms with Crippen molar-refractivity contribution in [2.75, 3.05) is 13.2 Å². The molecule has 1 aliphatic heterocycles. The molecule has 3 heterocycles. The van der Waals surface area contributed by atoms with Crippen LogP contribution in [-0.4, -0.2) is 49.8 Å². The average Bonchev–Trinajstić information content (AvgIpc) is 3.47. The molecule has 1 atom stereocenters. The number of halogens is 3. The standard InChI is InChI=1S/C18H26N4OS.C2HF3O2/c1-14-18-20-10-16(13-23-12-15-4-2-3-5-15)22(18)8-7-21(14)11-17-19-6-9-24-17;3-2(4,5)1(6)7/h6,9-10,14-15H,2-5,7-8,11-13H2,1H3;(H,6,7). The van der Waals surface area contributed by atoms with Crippen LogP contribution in [0.4, 0.5) is 13.2 Å². The van der Waals surface area contributed by atoms with Crippen molar-refractivity contribution < 1.29 is 27.8 Å². The lowest BCUT2D eigenvalue weighted by Crippen LogP contribution is -2.37. The molecular weight excluding hydrogens is 433 g/mol. The van der Waals surface area contributed by atoms with Crippen molar-refractivity contribution in [2.24, 2.45) is 5.92 Å². The number of hydrogen-bond donors (Lipinski definition) is 1. The lowest BCUT2D eigenvalue weighted by atomic mass is 10.1. The van der Waals surface area contributed by atoms with Crippen molar-refractivity contribution in [3.8, 4) is 0 Å². The highest BCUT2D eigenvalue weighted by Gasteiger charge is 2.38. The highest BCUT2D eigenvalue weighted by atomic mass is 32.1. The minimum absolute atomic E-state index is 0.325. The van der Waals surface area contributed by atoms with Crippen LogP contribution in [0.5, 0.6) is 0 Å².